The molecule has 0 radical (unpaired) electrons. The van der Waals surface area contributed by atoms with E-state index in [-0.39, 0.29) is 23.0 Å². The van der Waals surface area contributed by atoms with Gasteiger partial charge in [0, 0.05) is 22.7 Å². The van der Waals surface area contributed by atoms with E-state index in [4.69, 9.17) is 0 Å². The maximum atomic E-state index is 12.8. The molecule has 0 saturated heterocycles. The molecule has 3 rings (SSSR count). The van der Waals surface area contributed by atoms with Gasteiger partial charge < -0.3 is 5.32 Å². The van der Waals surface area contributed by atoms with Crippen molar-refractivity contribution >= 4 is 17.4 Å². The third kappa shape index (κ3) is 4.21. The van der Waals surface area contributed by atoms with E-state index >= 15 is 0 Å². The fourth-order valence-corrected chi connectivity index (χ4v) is 3.46. The Morgan fingerprint density at radius 3 is 2.19 bits per heavy atom. The third-order valence-corrected chi connectivity index (χ3v) is 5.13. The van der Waals surface area contributed by atoms with Crippen LogP contribution >= 0.6 is 0 Å². The Morgan fingerprint density at radius 1 is 0.923 bits per heavy atom. The summed E-state index contributed by atoms with van der Waals surface area (Å²) in [6, 6.07) is 15.0. The van der Waals surface area contributed by atoms with Gasteiger partial charge in [-0.15, -0.1) is 0 Å². The molecule has 3 nitrogen and oxygen atoms in total. The predicted octanol–water partition coefficient (Wildman–Crippen LogP) is 5.34. The zero-order valence-corrected chi connectivity index (χ0v) is 15.8. The average molecular weight is 349 g/mol. The molecule has 1 aliphatic carbocycles. The lowest BCUT2D eigenvalue weighted by molar-refractivity contribution is -0.119. The lowest BCUT2D eigenvalue weighted by atomic mass is 9.86. The monoisotopic (exact) mass is 349 g/mol. The molecule has 1 N–H and O–H groups in total. The Balaban J connectivity index is 1.74. The van der Waals surface area contributed by atoms with Crippen molar-refractivity contribution in [3.63, 3.8) is 0 Å². The Kier molecular flexibility index (Phi) is 5.26. The Labute approximate surface area is 155 Å². The van der Waals surface area contributed by atoms with Crippen molar-refractivity contribution < 1.29 is 9.59 Å². The van der Waals surface area contributed by atoms with Gasteiger partial charge in [0.15, 0.2) is 5.78 Å². The number of carbonyl (C=O) groups excluding carboxylic acids is 2. The minimum absolute atomic E-state index is 0.0255. The van der Waals surface area contributed by atoms with Gasteiger partial charge in [-0.2, -0.15) is 0 Å². The van der Waals surface area contributed by atoms with E-state index in [0.29, 0.717) is 16.8 Å². The second kappa shape index (κ2) is 7.45. The number of ketones is 1. The van der Waals surface area contributed by atoms with Crippen molar-refractivity contribution in [3.05, 3.63) is 65.2 Å². The first-order valence-corrected chi connectivity index (χ1v) is 9.41. The van der Waals surface area contributed by atoms with E-state index in [1.165, 1.54) is 5.56 Å². The van der Waals surface area contributed by atoms with Crippen LogP contribution in [0.3, 0.4) is 0 Å². The highest BCUT2D eigenvalue weighted by Gasteiger charge is 2.23. The highest BCUT2D eigenvalue weighted by Crippen LogP contribution is 2.27. The van der Waals surface area contributed by atoms with Gasteiger partial charge in [-0.25, -0.2) is 0 Å². The summed E-state index contributed by atoms with van der Waals surface area (Å²) in [5, 5.41) is 2.97. The number of carbonyl (C=O) groups is 2. The molecule has 2 aromatic rings. The summed E-state index contributed by atoms with van der Waals surface area (Å²) in [7, 11) is 0. The molecular formula is C23H27NO2. The first-order valence-electron chi connectivity index (χ1n) is 9.41. The zero-order valence-electron chi connectivity index (χ0n) is 15.8. The molecule has 0 aromatic heterocycles. The van der Waals surface area contributed by atoms with Crippen molar-refractivity contribution in [3.8, 4) is 0 Å². The number of rotatable bonds is 4. The van der Waals surface area contributed by atoms with Crippen LogP contribution in [0.1, 0.15) is 67.9 Å². The maximum absolute atomic E-state index is 12.8. The van der Waals surface area contributed by atoms with Crippen molar-refractivity contribution in [1.29, 1.82) is 0 Å². The summed E-state index contributed by atoms with van der Waals surface area (Å²) < 4.78 is 0. The molecule has 3 heteroatoms. The largest absolute Gasteiger partial charge is 0.326 e. The number of anilines is 1. The van der Waals surface area contributed by atoms with Gasteiger partial charge in [-0.3, -0.25) is 9.59 Å². The lowest BCUT2D eigenvalue weighted by Gasteiger charge is -2.19. The van der Waals surface area contributed by atoms with E-state index in [0.717, 1.165) is 25.7 Å². The van der Waals surface area contributed by atoms with E-state index in [9.17, 15) is 9.59 Å². The molecule has 0 atom stereocenters. The summed E-state index contributed by atoms with van der Waals surface area (Å²) in [4.78, 5) is 25.1. The smallest absolute Gasteiger partial charge is 0.227 e. The maximum Gasteiger partial charge on any atom is 0.227 e. The van der Waals surface area contributed by atoms with Crippen molar-refractivity contribution in [1.82, 2.24) is 0 Å². The summed E-state index contributed by atoms with van der Waals surface area (Å²) in [5.41, 5.74) is 3.21. The molecule has 136 valence electrons. The van der Waals surface area contributed by atoms with Crippen molar-refractivity contribution in [2.75, 3.05) is 5.32 Å². The van der Waals surface area contributed by atoms with Gasteiger partial charge in [0.1, 0.15) is 0 Å². The molecule has 0 spiro atoms. The van der Waals surface area contributed by atoms with E-state index in [1.807, 2.05) is 36.4 Å². The molecule has 0 unspecified atom stereocenters. The molecule has 0 bridgehead atoms. The fourth-order valence-electron chi connectivity index (χ4n) is 3.46. The summed E-state index contributed by atoms with van der Waals surface area (Å²) in [5.74, 6) is 0.156. The van der Waals surface area contributed by atoms with Crippen LogP contribution in [0.2, 0.25) is 0 Å². The number of hydrogen-bond acceptors (Lipinski definition) is 2. The summed E-state index contributed by atoms with van der Waals surface area (Å²) in [6.45, 7) is 6.46. The van der Waals surface area contributed by atoms with Gasteiger partial charge >= 0.3 is 0 Å². The molecule has 1 amide bonds. The van der Waals surface area contributed by atoms with Crippen LogP contribution in [0.5, 0.6) is 0 Å². The number of hydrogen-bond donors (Lipinski definition) is 1. The first-order chi connectivity index (χ1) is 12.3. The molecule has 1 fully saturated rings. The van der Waals surface area contributed by atoms with Gasteiger partial charge in [0.2, 0.25) is 5.91 Å². The Morgan fingerprint density at radius 2 is 1.58 bits per heavy atom. The minimum atomic E-state index is -0.0255. The van der Waals surface area contributed by atoms with Crippen LogP contribution in [0.25, 0.3) is 0 Å². The predicted molar refractivity (Wildman–Crippen MR) is 106 cm³/mol. The third-order valence-electron chi connectivity index (χ3n) is 5.13. The van der Waals surface area contributed by atoms with Crippen molar-refractivity contribution in [2.45, 2.75) is 51.9 Å². The molecule has 0 heterocycles. The van der Waals surface area contributed by atoms with Crippen LogP contribution in [0, 0.1) is 5.92 Å². The summed E-state index contributed by atoms with van der Waals surface area (Å²) in [6.07, 6.45) is 4.18. The van der Waals surface area contributed by atoms with Gasteiger partial charge in [0.05, 0.1) is 0 Å². The number of benzene rings is 2. The molecule has 1 aliphatic rings. The highest BCUT2D eigenvalue weighted by atomic mass is 16.2. The molecular weight excluding hydrogens is 322 g/mol. The van der Waals surface area contributed by atoms with Crippen LogP contribution in [-0.4, -0.2) is 11.7 Å². The van der Waals surface area contributed by atoms with Crippen molar-refractivity contribution in [2.24, 2.45) is 5.92 Å². The molecule has 1 saturated carbocycles. The van der Waals surface area contributed by atoms with Gasteiger partial charge in [0.25, 0.3) is 0 Å². The first kappa shape index (κ1) is 18.4. The average Bonchev–Trinajstić information content (AvgIpc) is 3.15. The standard InChI is InChI=1S/C23H27NO2/c1-23(2,3)19-13-11-16(12-14-19)21(25)18-9-6-10-20(15-18)24-22(26)17-7-4-5-8-17/h6,9-15,17H,4-5,7-8H2,1-3H3,(H,24,26). The second-order valence-electron chi connectivity index (χ2n) is 8.21. The number of amides is 1. The highest BCUT2D eigenvalue weighted by molar-refractivity contribution is 6.09. The minimum Gasteiger partial charge on any atom is -0.326 e. The van der Waals surface area contributed by atoms with E-state index < -0.39 is 0 Å². The number of nitrogens with one attached hydrogen (secondary N) is 1. The van der Waals surface area contributed by atoms with E-state index in [1.54, 1.807) is 12.1 Å². The quantitative estimate of drug-likeness (QED) is 0.757. The Bertz CT molecular complexity index is 794. The molecule has 2 aromatic carbocycles. The molecule has 26 heavy (non-hydrogen) atoms. The fraction of sp³-hybridized carbons (Fsp3) is 0.391. The SMILES string of the molecule is CC(C)(C)c1ccc(C(=O)c2cccc(NC(=O)C3CCCC3)c2)cc1. The van der Waals surface area contributed by atoms with Gasteiger partial charge in [-0.1, -0.05) is 70.0 Å². The van der Waals surface area contributed by atoms with Crippen LogP contribution < -0.4 is 5.32 Å². The van der Waals surface area contributed by atoms with Gasteiger partial charge in [-0.05, 0) is 36.0 Å². The second-order valence-corrected chi connectivity index (χ2v) is 8.21. The lowest BCUT2D eigenvalue weighted by Crippen LogP contribution is -2.20. The zero-order chi connectivity index (χ0) is 18.7. The van der Waals surface area contributed by atoms with Crippen LogP contribution in [-0.2, 0) is 10.2 Å². The summed E-state index contributed by atoms with van der Waals surface area (Å²) >= 11 is 0. The van der Waals surface area contributed by atoms with E-state index in [2.05, 4.69) is 26.1 Å². The molecule has 0 aliphatic heterocycles. The topological polar surface area (TPSA) is 46.2 Å². The van der Waals surface area contributed by atoms with Crippen LogP contribution in [0.4, 0.5) is 5.69 Å². The normalized spacial score (nSPS) is 15.0. The Hall–Kier alpha value is -2.42. The van der Waals surface area contributed by atoms with Crippen LogP contribution in [0.15, 0.2) is 48.5 Å².